The molecule has 1 aliphatic heterocycles. The number of aliphatic hydroxyl groups is 1. The van der Waals surface area contributed by atoms with Crippen LogP contribution in [0, 0.1) is 0 Å². The molecule has 2 unspecified atom stereocenters. The third-order valence-corrected chi connectivity index (χ3v) is 4.82. The van der Waals surface area contributed by atoms with Crippen LogP contribution < -0.4 is 0 Å². The number of unbranched alkanes of at least 4 members (excludes halogenated alkanes) is 1. The number of nitrogens with zero attached hydrogens (tertiary/aromatic N) is 1. The molecule has 0 spiro atoms. The lowest BCUT2D eigenvalue weighted by Crippen LogP contribution is -2.60. The molecule has 0 bridgehead atoms. The molecule has 0 aromatic heterocycles. The van der Waals surface area contributed by atoms with Crippen molar-refractivity contribution in [1.82, 2.24) is 5.06 Å². The summed E-state index contributed by atoms with van der Waals surface area (Å²) in [6.45, 7) is 7.66. The third kappa shape index (κ3) is 7.53. The summed E-state index contributed by atoms with van der Waals surface area (Å²) in [4.78, 5) is 12.0. The molecule has 1 heterocycles. The molecule has 0 amide bonds. The zero-order valence-electron chi connectivity index (χ0n) is 15.4. The minimum Gasteiger partial charge on any atom is -0.769 e. The Morgan fingerprint density at radius 1 is 1.32 bits per heavy atom. The van der Waals surface area contributed by atoms with E-state index in [0.717, 1.165) is 5.41 Å². The minimum atomic E-state index is -2.31. The highest BCUT2D eigenvalue weighted by Gasteiger charge is 2.46. The van der Waals surface area contributed by atoms with Gasteiger partial charge < -0.3 is 19.6 Å². The fraction of sp³-hybridized carbons (Fsp3) is 0.824. The lowest BCUT2D eigenvalue weighted by molar-refractivity contribution is -0.259. The van der Waals surface area contributed by atoms with Crippen LogP contribution in [0.4, 0.5) is 0 Å². The zero-order valence-corrected chi connectivity index (χ0v) is 16.3. The number of hydrogen-bond donors (Lipinski definition) is 2. The Morgan fingerprint density at radius 3 is 2.40 bits per heavy atom. The zero-order chi connectivity index (χ0) is 19.3. The molecule has 7 nitrogen and oxygen atoms in total. The van der Waals surface area contributed by atoms with Crippen LogP contribution in [0.3, 0.4) is 0 Å². The molecule has 0 aromatic carbocycles. The molecule has 0 aliphatic carbocycles. The van der Waals surface area contributed by atoms with Crippen molar-refractivity contribution in [2.24, 2.45) is 0 Å². The van der Waals surface area contributed by atoms with Crippen LogP contribution in [0.5, 0.6) is 0 Å². The number of carbonyl (C=O) groups is 1. The summed E-state index contributed by atoms with van der Waals surface area (Å²) < 4.78 is 26.3. The van der Waals surface area contributed by atoms with E-state index in [9.17, 15) is 23.9 Å². The molecule has 1 saturated heterocycles. The SMILES string of the molecule is CC1(C)CC(OC(=O)CCCCC(O)C=CS(=O)[O-])CC(C)(C)N1O. The lowest BCUT2D eigenvalue weighted by Gasteiger charge is -2.50. The van der Waals surface area contributed by atoms with Crippen molar-refractivity contribution < 1.29 is 28.6 Å². The van der Waals surface area contributed by atoms with Crippen LogP contribution in [-0.4, -0.2) is 53.4 Å². The fourth-order valence-electron chi connectivity index (χ4n) is 3.38. The first-order valence-electron chi connectivity index (χ1n) is 8.57. The number of ether oxygens (including phenoxy) is 1. The van der Waals surface area contributed by atoms with Crippen LogP contribution in [0.2, 0.25) is 0 Å². The Hall–Kier alpha value is -0.800. The highest BCUT2D eigenvalue weighted by Crippen LogP contribution is 2.38. The molecule has 0 aromatic rings. The van der Waals surface area contributed by atoms with Crippen molar-refractivity contribution in [2.45, 2.75) is 89.5 Å². The Morgan fingerprint density at radius 2 is 1.88 bits per heavy atom. The molecule has 1 fully saturated rings. The van der Waals surface area contributed by atoms with Gasteiger partial charge in [0.05, 0.1) is 6.10 Å². The van der Waals surface area contributed by atoms with Crippen LogP contribution >= 0.6 is 0 Å². The lowest BCUT2D eigenvalue weighted by atomic mass is 9.80. The molecule has 8 heteroatoms. The molecule has 25 heavy (non-hydrogen) atoms. The van der Waals surface area contributed by atoms with E-state index < -0.39 is 28.3 Å². The molecular formula is C17H30NO6S-. The highest BCUT2D eigenvalue weighted by molar-refractivity contribution is 7.82. The Labute approximate surface area is 152 Å². The molecular weight excluding hydrogens is 346 g/mol. The van der Waals surface area contributed by atoms with Crippen molar-refractivity contribution in [2.75, 3.05) is 0 Å². The molecule has 1 aliphatic rings. The van der Waals surface area contributed by atoms with Gasteiger partial charge in [-0.05, 0) is 69.5 Å². The first-order chi connectivity index (χ1) is 11.4. The van der Waals surface area contributed by atoms with Gasteiger partial charge in [-0.25, -0.2) is 0 Å². The first-order valence-corrected chi connectivity index (χ1v) is 9.71. The van der Waals surface area contributed by atoms with E-state index in [2.05, 4.69) is 0 Å². The normalized spacial score (nSPS) is 23.5. The number of piperidine rings is 1. The second-order valence-electron chi connectivity index (χ2n) is 7.86. The van der Waals surface area contributed by atoms with Crippen LogP contribution in [-0.2, 0) is 20.6 Å². The molecule has 146 valence electrons. The summed E-state index contributed by atoms with van der Waals surface area (Å²) in [5.74, 6) is -0.284. The second-order valence-corrected chi connectivity index (χ2v) is 8.65. The summed E-state index contributed by atoms with van der Waals surface area (Å²) in [6, 6.07) is 0. The second kappa shape index (κ2) is 9.23. The molecule has 2 atom stereocenters. The van der Waals surface area contributed by atoms with Crippen molar-refractivity contribution in [1.29, 1.82) is 0 Å². The van der Waals surface area contributed by atoms with E-state index in [-0.39, 0.29) is 18.5 Å². The van der Waals surface area contributed by atoms with Crippen LogP contribution in [0.25, 0.3) is 0 Å². The predicted molar refractivity (Wildman–Crippen MR) is 93.4 cm³/mol. The van der Waals surface area contributed by atoms with E-state index in [1.165, 1.54) is 11.1 Å². The van der Waals surface area contributed by atoms with Gasteiger partial charge in [-0.15, -0.1) is 0 Å². The van der Waals surface area contributed by atoms with Crippen LogP contribution in [0.15, 0.2) is 11.5 Å². The van der Waals surface area contributed by atoms with Gasteiger partial charge in [0.2, 0.25) is 0 Å². The highest BCUT2D eigenvalue weighted by atomic mass is 32.2. The smallest absolute Gasteiger partial charge is 0.306 e. The van der Waals surface area contributed by atoms with Crippen molar-refractivity contribution in [3.63, 3.8) is 0 Å². The number of hydroxylamine groups is 2. The van der Waals surface area contributed by atoms with E-state index in [0.29, 0.717) is 32.1 Å². The van der Waals surface area contributed by atoms with Gasteiger partial charge in [-0.3, -0.25) is 9.00 Å². The van der Waals surface area contributed by atoms with Gasteiger partial charge in [0.25, 0.3) is 0 Å². The van der Waals surface area contributed by atoms with Crippen LogP contribution in [0.1, 0.15) is 66.2 Å². The standard InChI is InChI=1S/C17H31NO6S/c1-16(2)11-14(12-17(3,4)18(16)21)24-15(20)8-6-5-7-13(19)9-10-25(22)23/h9-10,13-14,19,21H,5-8,11-12H2,1-4H3,(H,22,23)/p-1. The van der Waals surface area contributed by atoms with Gasteiger partial charge >= 0.3 is 5.97 Å². The van der Waals surface area contributed by atoms with Gasteiger partial charge in [0, 0.05) is 30.3 Å². The first kappa shape index (κ1) is 22.2. The molecule has 0 radical (unpaired) electrons. The minimum absolute atomic E-state index is 0.235. The van der Waals surface area contributed by atoms with Gasteiger partial charge in [-0.2, -0.15) is 5.06 Å². The fourth-order valence-corrected chi connectivity index (χ4v) is 3.69. The van der Waals surface area contributed by atoms with Gasteiger partial charge in [-0.1, -0.05) is 0 Å². The maximum atomic E-state index is 12.0. The number of hydrogen-bond acceptors (Lipinski definition) is 7. The quantitative estimate of drug-likeness (QED) is 0.380. The maximum absolute atomic E-state index is 12.0. The van der Waals surface area contributed by atoms with E-state index in [1.54, 1.807) is 0 Å². The number of esters is 1. The van der Waals surface area contributed by atoms with Crippen molar-refractivity contribution >= 4 is 17.0 Å². The van der Waals surface area contributed by atoms with Crippen molar-refractivity contribution in [3.05, 3.63) is 11.5 Å². The average Bonchev–Trinajstić information content (AvgIpc) is 2.46. The predicted octanol–water partition coefficient (Wildman–Crippen LogP) is 2.25. The monoisotopic (exact) mass is 376 g/mol. The summed E-state index contributed by atoms with van der Waals surface area (Å²) in [5, 5.41) is 22.1. The Balaban J connectivity index is 2.34. The van der Waals surface area contributed by atoms with E-state index in [4.69, 9.17) is 4.74 Å². The Bertz CT molecular complexity index is 487. The third-order valence-electron chi connectivity index (χ3n) is 4.44. The summed E-state index contributed by atoms with van der Waals surface area (Å²) >= 11 is -2.31. The molecule has 0 saturated carbocycles. The molecule has 2 N–H and O–H groups in total. The topological polar surface area (TPSA) is 110 Å². The summed E-state index contributed by atoms with van der Waals surface area (Å²) in [5.41, 5.74) is -0.935. The van der Waals surface area contributed by atoms with Gasteiger partial charge in [0.15, 0.2) is 0 Å². The average molecular weight is 376 g/mol. The largest absolute Gasteiger partial charge is 0.769 e. The molecule has 1 rings (SSSR count). The van der Waals surface area contributed by atoms with E-state index >= 15 is 0 Å². The van der Waals surface area contributed by atoms with Crippen molar-refractivity contribution in [3.8, 4) is 0 Å². The summed E-state index contributed by atoms with van der Waals surface area (Å²) in [7, 11) is 0. The van der Waals surface area contributed by atoms with Gasteiger partial charge in [0.1, 0.15) is 6.10 Å². The Kier molecular flexibility index (Phi) is 8.21. The number of carbonyl (C=O) groups excluding carboxylic acids is 1. The van der Waals surface area contributed by atoms with E-state index in [1.807, 2.05) is 27.7 Å². The number of rotatable bonds is 8. The maximum Gasteiger partial charge on any atom is 0.306 e. The summed E-state index contributed by atoms with van der Waals surface area (Å²) in [6.07, 6.45) is 3.09. The number of aliphatic hydroxyl groups excluding tert-OH is 1.